The molecular weight excluding hydrogens is 254 g/mol. The summed E-state index contributed by atoms with van der Waals surface area (Å²) >= 11 is 4.51. The molecule has 1 heterocycles. The van der Waals surface area contributed by atoms with Gasteiger partial charge in [0, 0.05) is 0 Å². The fraction of sp³-hybridized carbons (Fsp3) is 0.500. The van der Waals surface area contributed by atoms with Crippen LogP contribution in [-0.4, -0.2) is 17.1 Å². The lowest BCUT2D eigenvalue weighted by molar-refractivity contribution is 0.0382. The largest absolute Gasteiger partial charge is 0.459 e. The van der Waals surface area contributed by atoms with E-state index in [9.17, 15) is 4.79 Å². The van der Waals surface area contributed by atoms with Gasteiger partial charge in [0.1, 0.15) is 4.88 Å². The van der Waals surface area contributed by atoms with E-state index in [1.54, 1.807) is 6.92 Å². The molecule has 0 saturated carbocycles. The van der Waals surface area contributed by atoms with E-state index in [-0.39, 0.29) is 12.1 Å². The standard InChI is InChI=1S/C8H10BrNO2S/c1-4(2)12-7(11)6-5(3)10-8(9)13-6/h4H,1-3H3. The molecule has 0 amide bonds. The smallest absolute Gasteiger partial charge is 0.350 e. The molecule has 1 aromatic heterocycles. The molecule has 0 aromatic carbocycles. The highest BCUT2D eigenvalue weighted by molar-refractivity contribution is 9.11. The second-order valence-corrected chi connectivity index (χ2v) is 5.11. The van der Waals surface area contributed by atoms with Gasteiger partial charge in [-0.2, -0.15) is 0 Å². The molecular formula is C8H10BrNO2S. The van der Waals surface area contributed by atoms with Gasteiger partial charge < -0.3 is 4.74 Å². The van der Waals surface area contributed by atoms with E-state index in [2.05, 4.69) is 20.9 Å². The summed E-state index contributed by atoms with van der Waals surface area (Å²) in [5, 5.41) is 0. The van der Waals surface area contributed by atoms with Crippen LogP contribution in [0, 0.1) is 6.92 Å². The number of carbonyl (C=O) groups is 1. The van der Waals surface area contributed by atoms with E-state index in [0.29, 0.717) is 14.5 Å². The van der Waals surface area contributed by atoms with Crippen molar-refractivity contribution in [2.24, 2.45) is 0 Å². The maximum absolute atomic E-state index is 11.4. The Morgan fingerprint density at radius 1 is 1.62 bits per heavy atom. The van der Waals surface area contributed by atoms with E-state index < -0.39 is 0 Å². The first kappa shape index (κ1) is 10.7. The van der Waals surface area contributed by atoms with Crippen molar-refractivity contribution in [2.75, 3.05) is 0 Å². The molecule has 0 unspecified atom stereocenters. The normalized spacial score (nSPS) is 10.5. The van der Waals surface area contributed by atoms with E-state index >= 15 is 0 Å². The fourth-order valence-electron chi connectivity index (χ4n) is 0.820. The van der Waals surface area contributed by atoms with Crippen LogP contribution in [0.2, 0.25) is 0 Å². The summed E-state index contributed by atoms with van der Waals surface area (Å²) in [6.45, 7) is 5.44. The van der Waals surface area contributed by atoms with Crippen molar-refractivity contribution in [1.82, 2.24) is 4.98 Å². The molecule has 0 radical (unpaired) electrons. The Morgan fingerprint density at radius 2 is 2.23 bits per heavy atom. The van der Waals surface area contributed by atoms with Crippen molar-refractivity contribution < 1.29 is 9.53 Å². The van der Waals surface area contributed by atoms with Gasteiger partial charge in [-0.15, -0.1) is 0 Å². The van der Waals surface area contributed by atoms with Crippen molar-refractivity contribution in [2.45, 2.75) is 26.9 Å². The Balaban J connectivity index is 2.82. The third kappa shape index (κ3) is 2.77. The molecule has 1 aromatic rings. The molecule has 0 aliphatic heterocycles. The number of nitrogens with zero attached hydrogens (tertiary/aromatic N) is 1. The average molecular weight is 264 g/mol. The number of aryl methyl sites for hydroxylation is 1. The van der Waals surface area contributed by atoms with Gasteiger partial charge in [-0.25, -0.2) is 9.78 Å². The number of hydrogen-bond acceptors (Lipinski definition) is 4. The Morgan fingerprint density at radius 3 is 2.62 bits per heavy atom. The molecule has 0 aliphatic rings. The minimum atomic E-state index is -0.296. The molecule has 0 atom stereocenters. The SMILES string of the molecule is Cc1nc(Br)sc1C(=O)OC(C)C. The van der Waals surface area contributed by atoms with Gasteiger partial charge in [-0.1, -0.05) is 11.3 Å². The number of halogens is 1. The average Bonchev–Trinajstić information content (AvgIpc) is 2.28. The zero-order chi connectivity index (χ0) is 10.0. The summed E-state index contributed by atoms with van der Waals surface area (Å²) in [5.41, 5.74) is 0.711. The minimum absolute atomic E-state index is 0.0900. The topological polar surface area (TPSA) is 39.2 Å². The van der Waals surface area contributed by atoms with E-state index in [0.717, 1.165) is 0 Å². The Kier molecular flexibility index (Phi) is 3.44. The molecule has 0 spiro atoms. The van der Waals surface area contributed by atoms with Crippen molar-refractivity contribution in [3.05, 3.63) is 14.5 Å². The molecule has 13 heavy (non-hydrogen) atoms. The lowest BCUT2D eigenvalue weighted by atomic mass is 10.4. The van der Waals surface area contributed by atoms with Crippen molar-refractivity contribution in [1.29, 1.82) is 0 Å². The maximum atomic E-state index is 11.4. The van der Waals surface area contributed by atoms with Gasteiger partial charge in [0.25, 0.3) is 0 Å². The number of hydrogen-bond donors (Lipinski definition) is 0. The van der Waals surface area contributed by atoms with E-state index in [4.69, 9.17) is 4.74 Å². The third-order valence-electron chi connectivity index (χ3n) is 1.30. The number of thiazole rings is 1. The minimum Gasteiger partial charge on any atom is -0.459 e. The highest BCUT2D eigenvalue weighted by atomic mass is 79.9. The summed E-state index contributed by atoms with van der Waals surface area (Å²) < 4.78 is 5.75. The molecule has 0 N–H and O–H groups in total. The number of carbonyl (C=O) groups excluding carboxylic acids is 1. The van der Waals surface area contributed by atoms with Crippen molar-refractivity contribution >= 4 is 33.2 Å². The summed E-state index contributed by atoms with van der Waals surface area (Å²) in [7, 11) is 0. The zero-order valence-electron chi connectivity index (χ0n) is 7.63. The molecule has 72 valence electrons. The van der Waals surface area contributed by atoms with Crippen LogP contribution >= 0.6 is 27.3 Å². The van der Waals surface area contributed by atoms with Gasteiger partial charge in [-0.3, -0.25) is 0 Å². The van der Waals surface area contributed by atoms with Crippen molar-refractivity contribution in [3.63, 3.8) is 0 Å². The van der Waals surface area contributed by atoms with Crippen LogP contribution in [0.1, 0.15) is 29.2 Å². The van der Waals surface area contributed by atoms with Crippen LogP contribution < -0.4 is 0 Å². The van der Waals surface area contributed by atoms with Crippen LogP contribution in [-0.2, 0) is 4.74 Å². The highest BCUT2D eigenvalue weighted by Crippen LogP contribution is 2.23. The molecule has 0 fully saturated rings. The van der Waals surface area contributed by atoms with Crippen LogP contribution in [0.15, 0.2) is 3.92 Å². The summed E-state index contributed by atoms with van der Waals surface area (Å²) in [5.74, 6) is -0.296. The van der Waals surface area contributed by atoms with Crippen LogP contribution in [0.25, 0.3) is 0 Å². The van der Waals surface area contributed by atoms with Crippen molar-refractivity contribution in [3.8, 4) is 0 Å². The first-order chi connectivity index (χ1) is 6.00. The fourth-order valence-corrected chi connectivity index (χ4v) is 2.25. The first-order valence-electron chi connectivity index (χ1n) is 3.84. The second kappa shape index (κ2) is 4.19. The third-order valence-corrected chi connectivity index (χ3v) is 2.89. The number of ether oxygens (including phenoxy) is 1. The molecule has 3 nitrogen and oxygen atoms in total. The molecule has 1 rings (SSSR count). The molecule has 0 saturated heterocycles. The predicted molar refractivity (Wildman–Crippen MR) is 55.1 cm³/mol. The van der Waals surface area contributed by atoms with Gasteiger partial charge in [0.2, 0.25) is 0 Å². The summed E-state index contributed by atoms with van der Waals surface area (Å²) in [4.78, 5) is 16.1. The van der Waals surface area contributed by atoms with Crippen LogP contribution in [0.3, 0.4) is 0 Å². The Hall–Kier alpha value is -0.420. The Bertz CT molecular complexity index is 322. The Labute approximate surface area is 89.3 Å². The quantitative estimate of drug-likeness (QED) is 0.771. The van der Waals surface area contributed by atoms with Gasteiger partial charge in [0.05, 0.1) is 11.8 Å². The van der Waals surface area contributed by atoms with E-state index in [1.807, 2.05) is 13.8 Å². The summed E-state index contributed by atoms with van der Waals surface area (Å²) in [6.07, 6.45) is -0.0900. The number of esters is 1. The number of rotatable bonds is 2. The number of aromatic nitrogens is 1. The lowest BCUT2D eigenvalue weighted by Crippen LogP contribution is -2.11. The first-order valence-corrected chi connectivity index (χ1v) is 5.45. The summed E-state index contributed by atoms with van der Waals surface area (Å²) in [6, 6.07) is 0. The van der Waals surface area contributed by atoms with Crippen LogP contribution in [0.5, 0.6) is 0 Å². The zero-order valence-corrected chi connectivity index (χ0v) is 10.0. The monoisotopic (exact) mass is 263 g/mol. The molecule has 5 heteroatoms. The predicted octanol–water partition coefficient (Wildman–Crippen LogP) is 2.78. The van der Waals surface area contributed by atoms with Gasteiger partial charge in [0.15, 0.2) is 3.92 Å². The van der Waals surface area contributed by atoms with E-state index in [1.165, 1.54) is 11.3 Å². The van der Waals surface area contributed by atoms with Gasteiger partial charge in [-0.05, 0) is 36.7 Å². The molecule has 0 bridgehead atoms. The maximum Gasteiger partial charge on any atom is 0.350 e. The lowest BCUT2D eigenvalue weighted by Gasteiger charge is -2.05. The highest BCUT2D eigenvalue weighted by Gasteiger charge is 2.16. The second-order valence-electron chi connectivity index (χ2n) is 2.84. The van der Waals surface area contributed by atoms with Gasteiger partial charge >= 0.3 is 5.97 Å². The molecule has 0 aliphatic carbocycles. The van der Waals surface area contributed by atoms with Crippen LogP contribution in [0.4, 0.5) is 0 Å².